The number of fused-ring (bicyclic) bond motifs is 4. The molecule has 4 nitrogen and oxygen atoms in total. The Morgan fingerprint density at radius 3 is 2.33 bits per heavy atom. The Labute approximate surface area is 305 Å². The van der Waals surface area contributed by atoms with Gasteiger partial charge in [-0.3, -0.25) is 4.98 Å². The Morgan fingerprint density at radius 2 is 1.58 bits per heavy atom. The summed E-state index contributed by atoms with van der Waals surface area (Å²) in [6, 6.07) is 39.1. The van der Waals surface area contributed by atoms with E-state index < -0.39 is 19.6 Å². The molecule has 0 amide bonds. The van der Waals surface area contributed by atoms with Gasteiger partial charge in [-0.2, -0.15) is 0 Å². The van der Waals surface area contributed by atoms with E-state index in [9.17, 15) is 0 Å². The van der Waals surface area contributed by atoms with Crippen molar-refractivity contribution in [2.75, 3.05) is 0 Å². The van der Waals surface area contributed by atoms with Crippen LogP contribution in [0, 0.1) is 39.7 Å². The van der Waals surface area contributed by atoms with Gasteiger partial charge in [0.25, 0.3) is 0 Å². The minimum atomic E-state index is -2.41. The Balaban J connectivity index is 0.000000191. The van der Waals surface area contributed by atoms with Gasteiger partial charge in [-0.05, 0) is 72.7 Å². The van der Waals surface area contributed by atoms with E-state index in [1.807, 2.05) is 24.3 Å². The molecule has 1 radical (unpaired) electrons. The summed E-state index contributed by atoms with van der Waals surface area (Å²) >= 11 is 0. The molecule has 241 valence electrons. The molecule has 0 saturated carbocycles. The van der Waals surface area contributed by atoms with Gasteiger partial charge < -0.3 is 14.0 Å². The van der Waals surface area contributed by atoms with Crippen molar-refractivity contribution in [2.24, 2.45) is 0 Å². The van der Waals surface area contributed by atoms with Crippen molar-refractivity contribution >= 4 is 33.0 Å². The van der Waals surface area contributed by atoms with Gasteiger partial charge in [-0.25, -0.2) is 0 Å². The van der Waals surface area contributed by atoms with Gasteiger partial charge in [0.1, 0.15) is 5.58 Å². The number of aryl methyl sites for hydroxylation is 4. The molecular weight excluding hydrogens is 767 g/mol. The van der Waals surface area contributed by atoms with E-state index in [0.717, 1.165) is 22.4 Å². The SMILES string of the molecule is Cc1cccc(C)c1-n1c(-c2[c-]cccc2)nc2ccccc21.[2H]C([2H])([2H])c1cnc(-c2[c-]cc(C([2H])([2H])[2H])c3c2oc2ccccc23)cc1C([2H])(C)C.[Ir]. The van der Waals surface area contributed by atoms with Crippen LogP contribution in [-0.4, -0.2) is 14.5 Å². The topological polar surface area (TPSA) is 43.9 Å². The third-order valence-corrected chi connectivity index (χ3v) is 8.33. The number of hydrogen-bond acceptors (Lipinski definition) is 3. The molecule has 5 aromatic carbocycles. The zero-order chi connectivity index (χ0) is 38.6. The van der Waals surface area contributed by atoms with E-state index in [0.29, 0.717) is 38.8 Å². The fourth-order valence-corrected chi connectivity index (χ4v) is 6.09. The summed E-state index contributed by atoms with van der Waals surface area (Å²) in [6.45, 7) is 2.74. The molecular formula is C43H37IrN3O-2. The standard InChI is InChI=1S/C22H20NO.C21H17N2.Ir/c1-13(2)18-11-19(23-12-15(18)4)16-10-9-14(3)21-17-7-5-6-8-20(17)24-22(16)21;1-15-9-8-10-16(2)20(15)23-19-14-7-6-13-18(19)22-21(23)17-11-4-3-5-12-17;/h5-9,11-13H,1-4H3;3-11,13-14H,1-2H3;/q2*-1;/i3D3,4D3,13D;;. The van der Waals surface area contributed by atoms with Crippen LogP contribution >= 0.6 is 0 Å². The number of furan rings is 1. The summed E-state index contributed by atoms with van der Waals surface area (Å²) in [6.07, 6.45) is 1.26. The molecule has 0 N–H and O–H groups in total. The first-order valence-corrected chi connectivity index (χ1v) is 15.4. The number of pyridine rings is 1. The zero-order valence-electron chi connectivity index (χ0n) is 34.0. The zero-order valence-corrected chi connectivity index (χ0v) is 29.4. The summed E-state index contributed by atoms with van der Waals surface area (Å²) in [4.78, 5) is 9.20. The number of hydrogen-bond donors (Lipinski definition) is 0. The molecule has 0 saturated heterocycles. The van der Waals surface area contributed by atoms with Gasteiger partial charge in [0.15, 0.2) is 0 Å². The number of para-hydroxylation sites is 4. The van der Waals surface area contributed by atoms with Crippen molar-refractivity contribution in [1.82, 2.24) is 14.5 Å². The molecule has 48 heavy (non-hydrogen) atoms. The molecule has 0 spiro atoms. The van der Waals surface area contributed by atoms with Crippen molar-refractivity contribution < 1.29 is 34.1 Å². The minimum absolute atomic E-state index is 0. The normalized spacial score (nSPS) is 14.0. The van der Waals surface area contributed by atoms with E-state index in [4.69, 9.17) is 19.0 Å². The van der Waals surface area contributed by atoms with Crippen molar-refractivity contribution in [3.05, 3.63) is 149 Å². The molecule has 3 heterocycles. The number of nitrogens with zero attached hydrogens (tertiary/aromatic N) is 3. The Morgan fingerprint density at radius 1 is 0.833 bits per heavy atom. The van der Waals surface area contributed by atoms with Crippen LogP contribution < -0.4 is 0 Å². The van der Waals surface area contributed by atoms with Gasteiger partial charge in [-0.1, -0.05) is 86.2 Å². The Hall–Kier alpha value is -4.83. The molecule has 0 aliphatic heterocycles. The minimum Gasteiger partial charge on any atom is -0.501 e. The first-order chi connectivity index (χ1) is 25.5. The summed E-state index contributed by atoms with van der Waals surface area (Å²) in [5.41, 5.74) is 8.89. The molecule has 8 rings (SSSR count). The largest absolute Gasteiger partial charge is 0.501 e. The molecule has 0 atom stereocenters. The summed E-state index contributed by atoms with van der Waals surface area (Å²) in [5.74, 6) is -0.253. The van der Waals surface area contributed by atoms with Crippen molar-refractivity contribution in [3.63, 3.8) is 0 Å². The maximum absolute atomic E-state index is 8.43. The van der Waals surface area contributed by atoms with E-state index in [1.165, 1.54) is 29.1 Å². The third-order valence-electron chi connectivity index (χ3n) is 8.33. The van der Waals surface area contributed by atoms with Crippen LogP contribution in [0.2, 0.25) is 0 Å². The smallest absolute Gasteiger partial charge is 0.120 e. The van der Waals surface area contributed by atoms with Crippen LogP contribution in [0.25, 0.3) is 61.3 Å². The van der Waals surface area contributed by atoms with Crippen molar-refractivity contribution in [3.8, 4) is 28.3 Å². The summed E-state index contributed by atoms with van der Waals surface area (Å²) in [7, 11) is 0. The van der Waals surface area contributed by atoms with Gasteiger partial charge in [0.05, 0.1) is 22.4 Å². The maximum atomic E-state index is 8.43. The second kappa shape index (κ2) is 13.7. The average Bonchev–Trinajstić information content (AvgIpc) is 3.70. The molecule has 0 bridgehead atoms. The van der Waals surface area contributed by atoms with Crippen molar-refractivity contribution in [2.45, 2.75) is 47.3 Å². The predicted octanol–water partition coefficient (Wildman–Crippen LogP) is 11.3. The number of benzene rings is 5. The molecule has 0 unspecified atom stereocenters. The Bertz CT molecular complexity index is 2630. The summed E-state index contributed by atoms with van der Waals surface area (Å²) < 4.78 is 63.9. The van der Waals surface area contributed by atoms with E-state index in [-0.39, 0.29) is 31.2 Å². The first kappa shape index (κ1) is 25.2. The van der Waals surface area contributed by atoms with Crippen LogP contribution in [0.5, 0.6) is 0 Å². The molecule has 8 aromatic rings. The van der Waals surface area contributed by atoms with Crippen LogP contribution in [0.4, 0.5) is 0 Å². The van der Waals surface area contributed by atoms with Crippen LogP contribution in [0.3, 0.4) is 0 Å². The Kier molecular flexibility index (Phi) is 7.21. The fraction of sp³-hybridized carbons (Fsp3) is 0.163. The van der Waals surface area contributed by atoms with Crippen LogP contribution in [0.1, 0.15) is 57.2 Å². The second-order valence-electron chi connectivity index (χ2n) is 11.8. The van der Waals surface area contributed by atoms with E-state index in [2.05, 4.69) is 78.0 Å². The molecule has 0 aliphatic rings. The van der Waals surface area contributed by atoms with Gasteiger partial charge in [0.2, 0.25) is 0 Å². The average molecular weight is 811 g/mol. The predicted molar refractivity (Wildman–Crippen MR) is 194 cm³/mol. The summed E-state index contributed by atoms with van der Waals surface area (Å²) in [5, 5.41) is 1.12. The van der Waals surface area contributed by atoms with Gasteiger partial charge in [0, 0.05) is 47.0 Å². The number of imidazole rings is 1. The van der Waals surface area contributed by atoms with E-state index >= 15 is 0 Å². The molecule has 3 aromatic heterocycles. The van der Waals surface area contributed by atoms with Crippen molar-refractivity contribution in [1.29, 1.82) is 0 Å². The van der Waals surface area contributed by atoms with Crippen LogP contribution in [0.15, 0.2) is 114 Å². The maximum Gasteiger partial charge on any atom is 0.120 e. The third kappa shape index (κ3) is 6.01. The fourth-order valence-electron chi connectivity index (χ4n) is 6.09. The van der Waals surface area contributed by atoms with Gasteiger partial charge >= 0.3 is 0 Å². The molecule has 0 aliphatic carbocycles. The second-order valence-corrected chi connectivity index (χ2v) is 11.8. The molecule has 5 heteroatoms. The van der Waals surface area contributed by atoms with E-state index in [1.54, 1.807) is 44.2 Å². The monoisotopic (exact) mass is 811 g/mol. The van der Waals surface area contributed by atoms with Crippen LogP contribution in [-0.2, 0) is 20.1 Å². The molecule has 0 fully saturated rings. The first-order valence-electron chi connectivity index (χ1n) is 18.9. The number of rotatable bonds is 4. The van der Waals surface area contributed by atoms with Gasteiger partial charge in [-0.15, -0.1) is 53.6 Å². The number of aromatic nitrogens is 3. The quantitative estimate of drug-likeness (QED) is 0.166.